The molecule has 1 unspecified atom stereocenters. The summed E-state index contributed by atoms with van der Waals surface area (Å²) in [6.07, 6.45) is 2.54. The molecule has 0 aromatic heterocycles. The van der Waals surface area contributed by atoms with Crippen molar-refractivity contribution in [1.82, 2.24) is 4.90 Å². The summed E-state index contributed by atoms with van der Waals surface area (Å²) in [4.78, 5) is 25.9. The Kier molecular flexibility index (Phi) is 11.2. The van der Waals surface area contributed by atoms with Crippen molar-refractivity contribution in [3.05, 3.63) is 59.7 Å². The lowest BCUT2D eigenvalue weighted by Crippen LogP contribution is -2.38. The summed E-state index contributed by atoms with van der Waals surface area (Å²) >= 11 is 0. The number of hydrogen-bond acceptors (Lipinski definition) is 4. The molecule has 1 atom stereocenters. The monoisotopic (exact) mass is 456 g/mol. The number of benzene rings is 2. The van der Waals surface area contributed by atoms with Crippen molar-refractivity contribution in [2.75, 3.05) is 31.6 Å². The summed E-state index contributed by atoms with van der Waals surface area (Å²) in [5.41, 5.74) is 2.73. The molecule has 2 amide bonds. The van der Waals surface area contributed by atoms with Crippen LogP contribution >= 0.6 is 0 Å². The highest BCUT2D eigenvalue weighted by molar-refractivity contribution is 5.89. The van der Waals surface area contributed by atoms with Crippen molar-refractivity contribution < 1.29 is 24.2 Å². The van der Waals surface area contributed by atoms with Crippen LogP contribution in [0.3, 0.4) is 0 Å². The quantitative estimate of drug-likeness (QED) is 0.385. The number of rotatable bonds is 14. The Morgan fingerprint density at radius 2 is 1.82 bits per heavy atom. The van der Waals surface area contributed by atoms with Gasteiger partial charge in [0.25, 0.3) is 0 Å². The van der Waals surface area contributed by atoms with Gasteiger partial charge in [-0.2, -0.15) is 0 Å². The Hall–Kier alpha value is -3.06. The van der Waals surface area contributed by atoms with Crippen LogP contribution < -0.4 is 10.1 Å². The Balaban J connectivity index is 1.89. The summed E-state index contributed by atoms with van der Waals surface area (Å²) in [5.74, 6) is -0.293. The number of hydrogen-bond donors (Lipinski definition) is 2. The first-order chi connectivity index (χ1) is 15.9. The van der Waals surface area contributed by atoms with E-state index in [9.17, 15) is 14.7 Å². The number of ether oxygens (including phenoxy) is 2. The molecule has 2 rings (SSSR count). The number of carbonyl (C=O) groups is 2. The first kappa shape index (κ1) is 26.2. The Morgan fingerprint density at radius 1 is 1.06 bits per heavy atom. The number of anilines is 1. The summed E-state index contributed by atoms with van der Waals surface area (Å²) in [6.45, 7) is 7.76. The van der Waals surface area contributed by atoms with Crippen molar-refractivity contribution in [3.63, 3.8) is 0 Å². The minimum atomic E-state index is -0.968. The fraction of sp³-hybridized carbons (Fsp3) is 0.462. The fourth-order valence-corrected chi connectivity index (χ4v) is 3.42. The molecule has 7 nitrogen and oxygen atoms in total. The van der Waals surface area contributed by atoms with Crippen molar-refractivity contribution in [3.8, 4) is 5.75 Å². The van der Waals surface area contributed by atoms with Crippen LogP contribution in [0.5, 0.6) is 5.75 Å². The van der Waals surface area contributed by atoms with Crippen molar-refractivity contribution in [1.29, 1.82) is 0 Å². The zero-order valence-corrected chi connectivity index (χ0v) is 19.9. The second-order valence-electron chi connectivity index (χ2n) is 7.97. The van der Waals surface area contributed by atoms with Gasteiger partial charge >= 0.3 is 12.0 Å². The molecule has 7 heteroatoms. The molecule has 0 fully saturated rings. The molecule has 2 aromatic carbocycles. The average molecular weight is 457 g/mol. The topological polar surface area (TPSA) is 88.1 Å². The molecular formula is C26H36N2O5. The highest BCUT2D eigenvalue weighted by atomic mass is 16.5. The van der Waals surface area contributed by atoms with E-state index in [1.54, 1.807) is 11.8 Å². The average Bonchev–Trinajstić information content (AvgIpc) is 2.79. The number of carboxylic acid groups (broad SMARTS) is 1. The predicted octanol–water partition coefficient (Wildman–Crippen LogP) is 5.13. The van der Waals surface area contributed by atoms with Gasteiger partial charge in [-0.3, -0.25) is 0 Å². The standard InChI is InChI=1S/C26H36N2O5/c1-4-6-7-15-28(26(31)27-22-10-8-9-20(3)18-22)16-17-33-23-13-11-21(12-14-23)19-24(25(29)30)32-5-2/h8-14,18,24H,4-7,15-17,19H2,1-3H3,(H,27,31)(H,29,30). The number of carbonyl (C=O) groups excluding carboxylic acids is 1. The maximum Gasteiger partial charge on any atom is 0.333 e. The van der Waals surface area contributed by atoms with E-state index in [1.165, 1.54) is 0 Å². The molecule has 0 aliphatic heterocycles. The smallest absolute Gasteiger partial charge is 0.333 e. The molecule has 0 aliphatic rings. The van der Waals surface area contributed by atoms with E-state index in [0.717, 1.165) is 36.1 Å². The van der Waals surface area contributed by atoms with E-state index < -0.39 is 12.1 Å². The molecule has 0 bridgehead atoms. The Bertz CT molecular complexity index is 869. The van der Waals surface area contributed by atoms with E-state index in [4.69, 9.17) is 9.47 Å². The van der Waals surface area contributed by atoms with Crippen LogP contribution in [-0.2, 0) is 16.0 Å². The lowest BCUT2D eigenvalue weighted by Gasteiger charge is -2.23. The van der Waals surface area contributed by atoms with Gasteiger partial charge in [0.15, 0.2) is 6.10 Å². The van der Waals surface area contributed by atoms with Gasteiger partial charge in [-0.25, -0.2) is 9.59 Å². The highest BCUT2D eigenvalue weighted by Gasteiger charge is 2.18. The van der Waals surface area contributed by atoms with Gasteiger partial charge in [-0.15, -0.1) is 0 Å². The van der Waals surface area contributed by atoms with E-state index in [2.05, 4.69) is 12.2 Å². The molecule has 0 saturated heterocycles. The van der Waals surface area contributed by atoms with E-state index in [-0.39, 0.29) is 6.03 Å². The largest absolute Gasteiger partial charge is 0.492 e. The van der Waals surface area contributed by atoms with Crippen LogP contribution in [0.25, 0.3) is 0 Å². The first-order valence-corrected chi connectivity index (χ1v) is 11.6. The zero-order chi connectivity index (χ0) is 24.1. The van der Waals surface area contributed by atoms with Gasteiger partial charge in [0.1, 0.15) is 12.4 Å². The molecule has 2 aromatic rings. The van der Waals surface area contributed by atoms with Crippen molar-refractivity contribution in [2.24, 2.45) is 0 Å². The third kappa shape index (κ3) is 9.53. The minimum absolute atomic E-state index is 0.133. The van der Waals surface area contributed by atoms with E-state index in [1.807, 2.05) is 55.5 Å². The summed E-state index contributed by atoms with van der Waals surface area (Å²) in [5, 5.41) is 12.2. The lowest BCUT2D eigenvalue weighted by atomic mass is 10.1. The third-order valence-electron chi connectivity index (χ3n) is 5.21. The molecular weight excluding hydrogens is 420 g/mol. The number of carboxylic acids is 1. The fourth-order valence-electron chi connectivity index (χ4n) is 3.42. The van der Waals surface area contributed by atoms with Gasteiger partial charge in [-0.1, -0.05) is 44.0 Å². The van der Waals surface area contributed by atoms with Gasteiger partial charge in [0.2, 0.25) is 0 Å². The highest BCUT2D eigenvalue weighted by Crippen LogP contribution is 2.15. The summed E-state index contributed by atoms with van der Waals surface area (Å²) in [7, 11) is 0. The molecule has 2 N–H and O–H groups in total. The molecule has 0 radical (unpaired) electrons. The number of aryl methyl sites for hydroxylation is 1. The van der Waals surface area contributed by atoms with Crippen LogP contribution in [0, 0.1) is 6.92 Å². The Labute approximate surface area is 196 Å². The van der Waals surface area contributed by atoms with Gasteiger partial charge in [0, 0.05) is 25.3 Å². The molecule has 33 heavy (non-hydrogen) atoms. The maximum absolute atomic E-state index is 12.8. The van der Waals surface area contributed by atoms with Crippen molar-refractivity contribution >= 4 is 17.7 Å². The Morgan fingerprint density at radius 3 is 2.45 bits per heavy atom. The van der Waals surface area contributed by atoms with Crippen molar-refractivity contribution in [2.45, 2.75) is 52.6 Å². The number of amides is 2. The van der Waals surface area contributed by atoms with Crippen LogP contribution in [0.1, 0.15) is 44.2 Å². The number of nitrogens with zero attached hydrogens (tertiary/aromatic N) is 1. The normalized spacial score (nSPS) is 11.6. The molecule has 0 aliphatic carbocycles. The predicted molar refractivity (Wildman–Crippen MR) is 130 cm³/mol. The van der Waals surface area contributed by atoms with Crippen LogP contribution in [-0.4, -0.2) is 54.4 Å². The second-order valence-corrected chi connectivity index (χ2v) is 7.97. The summed E-state index contributed by atoms with van der Waals surface area (Å²) < 4.78 is 11.1. The summed E-state index contributed by atoms with van der Waals surface area (Å²) in [6, 6.07) is 14.9. The van der Waals surface area contributed by atoms with Gasteiger partial charge in [0.05, 0.1) is 6.54 Å². The van der Waals surface area contributed by atoms with E-state index in [0.29, 0.717) is 38.5 Å². The van der Waals surface area contributed by atoms with Crippen LogP contribution in [0.4, 0.5) is 10.5 Å². The second kappa shape index (κ2) is 14.2. The van der Waals surface area contributed by atoms with Crippen LogP contribution in [0.2, 0.25) is 0 Å². The molecule has 180 valence electrons. The number of urea groups is 1. The molecule has 0 heterocycles. The maximum atomic E-state index is 12.8. The number of aliphatic carboxylic acids is 1. The minimum Gasteiger partial charge on any atom is -0.492 e. The van der Waals surface area contributed by atoms with Gasteiger partial charge < -0.3 is 24.8 Å². The SMILES string of the molecule is CCCCCN(CCOc1ccc(CC(OCC)C(=O)O)cc1)C(=O)Nc1cccc(C)c1. The first-order valence-electron chi connectivity index (χ1n) is 11.6. The van der Waals surface area contributed by atoms with E-state index >= 15 is 0 Å². The molecule has 0 spiro atoms. The number of nitrogens with one attached hydrogen (secondary N) is 1. The third-order valence-corrected chi connectivity index (χ3v) is 5.21. The van der Waals surface area contributed by atoms with Crippen LogP contribution in [0.15, 0.2) is 48.5 Å². The lowest BCUT2D eigenvalue weighted by molar-refractivity contribution is -0.149. The number of unbranched alkanes of at least 4 members (excludes halogenated alkanes) is 2. The zero-order valence-electron chi connectivity index (χ0n) is 19.9. The van der Waals surface area contributed by atoms with Gasteiger partial charge in [-0.05, 0) is 55.7 Å². The molecule has 0 saturated carbocycles.